The summed E-state index contributed by atoms with van der Waals surface area (Å²) in [6, 6.07) is 11.7. The molecule has 0 aliphatic rings. The first-order valence-electron chi connectivity index (χ1n) is 7.11. The number of aromatic nitrogens is 3. The minimum Gasteiger partial charge on any atom is -0.306 e. The summed E-state index contributed by atoms with van der Waals surface area (Å²) in [6.45, 7) is 3.56. The summed E-state index contributed by atoms with van der Waals surface area (Å²) >= 11 is 0. The van der Waals surface area contributed by atoms with Gasteiger partial charge in [0.2, 0.25) is 0 Å². The number of para-hydroxylation sites is 1. The van der Waals surface area contributed by atoms with Crippen LogP contribution in [0.3, 0.4) is 0 Å². The van der Waals surface area contributed by atoms with Crippen molar-refractivity contribution in [3.63, 3.8) is 0 Å². The molecule has 0 fully saturated rings. The Hall–Kier alpha value is -3.02. The number of anilines is 1. The van der Waals surface area contributed by atoms with Crippen LogP contribution in [0.2, 0.25) is 0 Å². The number of aryl methyl sites for hydroxylation is 1. The van der Waals surface area contributed by atoms with E-state index in [1.807, 2.05) is 19.1 Å². The predicted molar refractivity (Wildman–Crippen MR) is 85.2 cm³/mol. The number of nitrogens with zero attached hydrogens (tertiary/aromatic N) is 3. The van der Waals surface area contributed by atoms with Crippen molar-refractivity contribution in [1.29, 1.82) is 0 Å². The smallest absolute Gasteiger partial charge is 0.260 e. The van der Waals surface area contributed by atoms with Crippen LogP contribution in [0.15, 0.2) is 48.7 Å². The molecule has 0 aliphatic carbocycles. The molecule has 5 nitrogen and oxygen atoms in total. The van der Waals surface area contributed by atoms with Gasteiger partial charge in [-0.15, -0.1) is 0 Å². The maximum Gasteiger partial charge on any atom is 0.260 e. The average Bonchev–Trinajstić information content (AvgIpc) is 2.89. The molecule has 3 rings (SSSR count). The van der Waals surface area contributed by atoms with Gasteiger partial charge in [0.15, 0.2) is 0 Å². The van der Waals surface area contributed by atoms with E-state index in [0.29, 0.717) is 22.8 Å². The first-order valence-corrected chi connectivity index (χ1v) is 7.11. The second-order valence-electron chi connectivity index (χ2n) is 5.13. The van der Waals surface area contributed by atoms with Gasteiger partial charge < -0.3 is 5.32 Å². The second kappa shape index (κ2) is 6.00. The van der Waals surface area contributed by atoms with Crippen molar-refractivity contribution in [1.82, 2.24) is 14.8 Å². The summed E-state index contributed by atoms with van der Waals surface area (Å²) in [5.74, 6) is -0.262. The van der Waals surface area contributed by atoms with E-state index in [-0.39, 0.29) is 5.91 Å². The van der Waals surface area contributed by atoms with Crippen LogP contribution in [0.5, 0.6) is 0 Å². The van der Waals surface area contributed by atoms with E-state index in [2.05, 4.69) is 15.4 Å². The third kappa shape index (κ3) is 2.96. The summed E-state index contributed by atoms with van der Waals surface area (Å²) in [5, 5.41) is 6.84. The number of amides is 1. The third-order valence-corrected chi connectivity index (χ3v) is 3.46. The molecule has 2 aromatic heterocycles. The fourth-order valence-corrected chi connectivity index (χ4v) is 2.30. The highest BCUT2D eigenvalue weighted by atomic mass is 19.1. The Morgan fingerprint density at radius 1 is 1.13 bits per heavy atom. The first-order chi connectivity index (χ1) is 11.1. The van der Waals surface area contributed by atoms with Crippen LogP contribution in [0, 0.1) is 19.7 Å². The highest BCUT2D eigenvalue weighted by molar-refractivity contribution is 6.04. The molecule has 3 aromatic rings. The van der Waals surface area contributed by atoms with Gasteiger partial charge in [-0.25, -0.2) is 14.1 Å². The van der Waals surface area contributed by atoms with Crippen LogP contribution in [0.25, 0.3) is 5.69 Å². The molecular formula is C17H15FN4O. The predicted octanol–water partition coefficient (Wildman–Crippen LogP) is 3.28. The Kier molecular flexibility index (Phi) is 3.89. The Morgan fingerprint density at radius 3 is 2.65 bits per heavy atom. The van der Waals surface area contributed by atoms with E-state index in [1.54, 1.807) is 31.2 Å². The molecule has 0 atom stereocenters. The van der Waals surface area contributed by atoms with Gasteiger partial charge in [0, 0.05) is 5.69 Å². The van der Waals surface area contributed by atoms with Crippen molar-refractivity contribution < 1.29 is 9.18 Å². The van der Waals surface area contributed by atoms with Crippen LogP contribution < -0.4 is 5.32 Å². The number of hydrogen-bond donors (Lipinski definition) is 1. The lowest BCUT2D eigenvalue weighted by Gasteiger charge is -2.07. The number of halogens is 1. The zero-order chi connectivity index (χ0) is 16.4. The van der Waals surface area contributed by atoms with Crippen molar-refractivity contribution in [2.75, 3.05) is 5.32 Å². The lowest BCUT2D eigenvalue weighted by molar-refractivity contribution is 0.102. The monoisotopic (exact) mass is 310 g/mol. The molecule has 0 saturated heterocycles. The molecule has 0 radical (unpaired) electrons. The number of carbonyl (C=O) groups excluding carboxylic acids is 1. The minimum atomic E-state index is -0.397. The molecule has 0 spiro atoms. The SMILES string of the molecule is Cc1cccc(NC(=O)c2cnn(-c3ccccc3F)c2C)n1. The topological polar surface area (TPSA) is 59.8 Å². The zero-order valence-electron chi connectivity index (χ0n) is 12.7. The molecule has 0 bridgehead atoms. The Labute approximate surface area is 132 Å². The molecule has 23 heavy (non-hydrogen) atoms. The zero-order valence-corrected chi connectivity index (χ0v) is 12.7. The molecule has 1 amide bonds. The number of benzene rings is 1. The standard InChI is InChI=1S/C17H15FN4O/c1-11-6-5-9-16(20-11)21-17(23)13-10-19-22(12(13)2)15-8-4-3-7-14(15)18/h3-10H,1-2H3,(H,20,21,23). The van der Waals surface area contributed by atoms with Crippen molar-refractivity contribution in [2.45, 2.75) is 13.8 Å². The molecule has 0 saturated carbocycles. The summed E-state index contributed by atoms with van der Waals surface area (Å²) in [5.41, 5.74) is 2.04. The van der Waals surface area contributed by atoms with Crippen molar-refractivity contribution in [2.24, 2.45) is 0 Å². The van der Waals surface area contributed by atoms with E-state index in [1.165, 1.54) is 16.9 Å². The van der Waals surface area contributed by atoms with Gasteiger partial charge in [-0.1, -0.05) is 18.2 Å². The molecule has 116 valence electrons. The number of hydrogen-bond acceptors (Lipinski definition) is 3. The highest BCUT2D eigenvalue weighted by Gasteiger charge is 2.17. The summed E-state index contributed by atoms with van der Waals surface area (Å²) in [7, 11) is 0. The van der Waals surface area contributed by atoms with Crippen LogP contribution in [0.4, 0.5) is 10.2 Å². The van der Waals surface area contributed by atoms with Crippen LogP contribution in [-0.4, -0.2) is 20.7 Å². The second-order valence-corrected chi connectivity index (χ2v) is 5.13. The largest absolute Gasteiger partial charge is 0.306 e. The summed E-state index contributed by atoms with van der Waals surface area (Å²) < 4.78 is 15.3. The maximum atomic E-state index is 13.9. The molecule has 0 aliphatic heterocycles. The number of pyridine rings is 1. The summed E-state index contributed by atoms with van der Waals surface area (Å²) in [4.78, 5) is 16.6. The van der Waals surface area contributed by atoms with E-state index in [9.17, 15) is 9.18 Å². The fourth-order valence-electron chi connectivity index (χ4n) is 2.30. The van der Waals surface area contributed by atoms with Gasteiger partial charge in [0.1, 0.15) is 17.3 Å². The molecule has 1 aromatic carbocycles. The van der Waals surface area contributed by atoms with Crippen LogP contribution >= 0.6 is 0 Å². The number of rotatable bonds is 3. The third-order valence-electron chi connectivity index (χ3n) is 3.46. The molecule has 2 heterocycles. The van der Waals surface area contributed by atoms with E-state index >= 15 is 0 Å². The first kappa shape index (κ1) is 14.9. The van der Waals surface area contributed by atoms with Gasteiger partial charge in [-0.3, -0.25) is 4.79 Å². The van der Waals surface area contributed by atoms with Gasteiger partial charge in [0.25, 0.3) is 5.91 Å². The Balaban J connectivity index is 1.90. The van der Waals surface area contributed by atoms with Crippen LogP contribution in [0.1, 0.15) is 21.7 Å². The number of carbonyl (C=O) groups is 1. The van der Waals surface area contributed by atoms with Crippen molar-refractivity contribution >= 4 is 11.7 Å². The summed E-state index contributed by atoms with van der Waals surface area (Å²) in [6.07, 6.45) is 1.42. The lowest BCUT2D eigenvalue weighted by Crippen LogP contribution is -2.14. The van der Waals surface area contributed by atoms with E-state index in [0.717, 1.165) is 5.69 Å². The Morgan fingerprint density at radius 2 is 1.91 bits per heavy atom. The van der Waals surface area contributed by atoms with Gasteiger partial charge in [-0.2, -0.15) is 5.10 Å². The van der Waals surface area contributed by atoms with Crippen molar-refractivity contribution in [3.8, 4) is 5.69 Å². The average molecular weight is 310 g/mol. The number of nitrogens with one attached hydrogen (secondary N) is 1. The van der Waals surface area contributed by atoms with E-state index in [4.69, 9.17) is 0 Å². The van der Waals surface area contributed by atoms with Crippen LogP contribution in [-0.2, 0) is 0 Å². The minimum absolute atomic E-state index is 0.303. The van der Waals surface area contributed by atoms with Gasteiger partial charge in [0.05, 0.1) is 17.5 Å². The van der Waals surface area contributed by atoms with Crippen molar-refractivity contribution in [3.05, 3.63) is 71.4 Å². The fraction of sp³-hybridized carbons (Fsp3) is 0.118. The van der Waals surface area contributed by atoms with Gasteiger partial charge in [-0.05, 0) is 38.1 Å². The molecular weight excluding hydrogens is 295 g/mol. The quantitative estimate of drug-likeness (QED) is 0.807. The highest BCUT2D eigenvalue weighted by Crippen LogP contribution is 2.18. The Bertz CT molecular complexity index is 873. The normalized spacial score (nSPS) is 10.6. The molecule has 0 unspecified atom stereocenters. The molecule has 6 heteroatoms. The maximum absolute atomic E-state index is 13.9. The molecule has 1 N–H and O–H groups in total. The lowest BCUT2D eigenvalue weighted by atomic mass is 10.2. The van der Waals surface area contributed by atoms with Gasteiger partial charge >= 0.3 is 0 Å². The van der Waals surface area contributed by atoms with E-state index < -0.39 is 5.82 Å².